The van der Waals surface area contributed by atoms with Crippen LogP contribution in [0.2, 0.25) is 9.36 Å². The van der Waals surface area contributed by atoms with Crippen LogP contribution in [0.5, 0.6) is 0 Å². The maximum atomic E-state index is 11.4. The number of benzene rings is 1. The predicted molar refractivity (Wildman–Crippen MR) is 88.6 cm³/mol. The molecule has 0 bridgehead atoms. The van der Waals surface area contributed by atoms with Gasteiger partial charge in [-0.15, -0.1) is 11.3 Å². The van der Waals surface area contributed by atoms with Gasteiger partial charge < -0.3 is 5.11 Å². The van der Waals surface area contributed by atoms with Crippen molar-refractivity contribution in [3.8, 4) is 16.3 Å². The summed E-state index contributed by atoms with van der Waals surface area (Å²) in [5.41, 5.74) is 2.08. The molecule has 0 aliphatic heterocycles. The summed E-state index contributed by atoms with van der Waals surface area (Å²) >= 11 is 13.3. The van der Waals surface area contributed by atoms with Gasteiger partial charge in [0.1, 0.15) is 0 Å². The molecule has 4 nitrogen and oxygen atoms in total. The van der Waals surface area contributed by atoms with Crippen molar-refractivity contribution in [2.75, 3.05) is 0 Å². The van der Waals surface area contributed by atoms with E-state index in [1.165, 1.54) is 11.3 Å². The van der Waals surface area contributed by atoms with Crippen LogP contribution >= 0.6 is 34.5 Å². The summed E-state index contributed by atoms with van der Waals surface area (Å²) in [6.07, 6.45) is 0. The van der Waals surface area contributed by atoms with Crippen LogP contribution in [0.15, 0.2) is 36.4 Å². The number of rotatable bonds is 3. The van der Waals surface area contributed by atoms with E-state index in [9.17, 15) is 9.90 Å². The molecular weight excluding hydrogens is 343 g/mol. The van der Waals surface area contributed by atoms with Gasteiger partial charge in [0, 0.05) is 10.6 Å². The Kier molecular flexibility index (Phi) is 3.95. The molecule has 0 saturated carbocycles. The van der Waals surface area contributed by atoms with Crippen LogP contribution in [0.1, 0.15) is 16.1 Å². The summed E-state index contributed by atoms with van der Waals surface area (Å²) in [5.74, 6) is -1.06. The highest BCUT2D eigenvalue weighted by atomic mass is 35.5. The highest BCUT2D eigenvalue weighted by Gasteiger charge is 2.22. The summed E-state index contributed by atoms with van der Waals surface area (Å²) in [5, 5.41) is 14.2. The molecule has 0 aliphatic rings. The van der Waals surface area contributed by atoms with Crippen molar-refractivity contribution >= 4 is 40.5 Å². The molecule has 1 N–H and O–H groups in total. The number of aromatic carboxylic acids is 1. The Balaban J connectivity index is 2.26. The Bertz CT molecular complexity index is 853. The maximum absolute atomic E-state index is 11.4. The number of nitrogens with zero attached hydrogens (tertiary/aromatic N) is 2. The largest absolute Gasteiger partial charge is 0.476 e. The molecule has 0 amide bonds. The molecule has 22 heavy (non-hydrogen) atoms. The van der Waals surface area contributed by atoms with E-state index < -0.39 is 5.97 Å². The van der Waals surface area contributed by atoms with Crippen LogP contribution in [-0.2, 0) is 0 Å². The van der Waals surface area contributed by atoms with Gasteiger partial charge in [0.25, 0.3) is 0 Å². The van der Waals surface area contributed by atoms with E-state index in [-0.39, 0.29) is 5.69 Å². The van der Waals surface area contributed by atoms with Crippen molar-refractivity contribution in [3.63, 3.8) is 0 Å². The molecule has 0 saturated heterocycles. The smallest absolute Gasteiger partial charge is 0.356 e. The lowest BCUT2D eigenvalue weighted by molar-refractivity contribution is 0.0689. The molecule has 0 unspecified atom stereocenters. The van der Waals surface area contributed by atoms with Gasteiger partial charge in [-0.1, -0.05) is 23.2 Å². The van der Waals surface area contributed by atoms with Gasteiger partial charge in [-0.3, -0.25) is 0 Å². The van der Waals surface area contributed by atoms with Gasteiger partial charge in [-0.05, 0) is 43.3 Å². The zero-order valence-corrected chi connectivity index (χ0v) is 13.7. The average Bonchev–Trinajstić information content (AvgIpc) is 3.03. The second kappa shape index (κ2) is 5.76. The highest BCUT2D eigenvalue weighted by Crippen LogP contribution is 2.35. The second-order valence-electron chi connectivity index (χ2n) is 4.62. The van der Waals surface area contributed by atoms with Gasteiger partial charge in [0.05, 0.1) is 20.6 Å². The Labute approximate surface area is 140 Å². The van der Waals surface area contributed by atoms with Crippen molar-refractivity contribution in [1.29, 1.82) is 0 Å². The molecule has 7 heteroatoms. The molecule has 112 valence electrons. The third kappa shape index (κ3) is 2.63. The summed E-state index contributed by atoms with van der Waals surface area (Å²) in [6.45, 7) is 1.74. The number of hydrogen-bond donors (Lipinski definition) is 1. The standard InChI is InChI=1S/C15H10Cl2N2O2S/c1-8-13(15(20)21)18-19(10-4-2-9(16)3-5-10)14(8)11-6-7-12(17)22-11/h2-7H,1H3,(H,20,21). The summed E-state index contributed by atoms with van der Waals surface area (Å²) in [7, 11) is 0. The Morgan fingerprint density at radius 1 is 1.18 bits per heavy atom. The average molecular weight is 353 g/mol. The van der Waals surface area contributed by atoms with E-state index in [1.54, 1.807) is 41.9 Å². The molecule has 2 heterocycles. The van der Waals surface area contributed by atoms with Gasteiger partial charge in [0.15, 0.2) is 5.69 Å². The summed E-state index contributed by atoms with van der Waals surface area (Å²) < 4.78 is 2.24. The van der Waals surface area contributed by atoms with Crippen molar-refractivity contribution in [2.24, 2.45) is 0 Å². The minimum atomic E-state index is -1.06. The number of carboxylic acids is 1. The topological polar surface area (TPSA) is 55.1 Å². The highest BCUT2D eigenvalue weighted by molar-refractivity contribution is 7.19. The Morgan fingerprint density at radius 2 is 1.86 bits per heavy atom. The Hall–Kier alpha value is -1.82. The molecule has 3 rings (SSSR count). The van der Waals surface area contributed by atoms with Crippen LogP contribution in [0.3, 0.4) is 0 Å². The number of carbonyl (C=O) groups is 1. The summed E-state index contributed by atoms with van der Waals surface area (Å²) in [4.78, 5) is 12.2. The van der Waals surface area contributed by atoms with Gasteiger partial charge in [0.2, 0.25) is 0 Å². The quantitative estimate of drug-likeness (QED) is 0.728. The first-order valence-electron chi connectivity index (χ1n) is 6.32. The molecule has 2 aromatic heterocycles. The minimum Gasteiger partial charge on any atom is -0.476 e. The molecule has 0 atom stereocenters. The number of halogens is 2. The Morgan fingerprint density at radius 3 is 2.41 bits per heavy atom. The third-order valence-electron chi connectivity index (χ3n) is 3.20. The van der Waals surface area contributed by atoms with Gasteiger partial charge in [-0.25, -0.2) is 9.48 Å². The van der Waals surface area contributed by atoms with E-state index in [0.29, 0.717) is 14.9 Å². The number of hydrogen-bond acceptors (Lipinski definition) is 3. The lowest BCUT2D eigenvalue weighted by Crippen LogP contribution is -2.02. The number of thiophene rings is 1. The SMILES string of the molecule is Cc1c(C(=O)O)nn(-c2ccc(Cl)cc2)c1-c1ccc(Cl)s1. The fraction of sp³-hybridized carbons (Fsp3) is 0.0667. The number of aromatic nitrogens is 2. The van der Waals surface area contributed by atoms with Crippen LogP contribution in [0.25, 0.3) is 16.3 Å². The fourth-order valence-corrected chi connectivity index (χ4v) is 3.46. The minimum absolute atomic E-state index is 0.0227. The summed E-state index contributed by atoms with van der Waals surface area (Å²) in [6, 6.07) is 10.7. The van der Waals surface area contributed by atoms with E-state index in [2.05, 4.69) is 5.10 Å². The molecule has 0 aliphatic carbocycles. The first-order chi connectivity index (χ1) is 10.5. The van der Waals surface area contributed by atoms with Crippen molar-refractivity contribution in [2.45, 2.75) is 6.92 Å². The lowest BCUT2D eigenvalue weighted by Gasteiger charge is -2.07. The fourth-order valence-electron chi connectivity index (χ4n) is 2.20. The van der Waals surface area contributed by atoms with E-state index >= 15 is 0 Å². The number of carboxylic acid groups (broad SMARTS) is 1. The first kappa shape index (κ1) is 15.1. The van der Waals surface area contributed by atoms with Crippen LogP contribution in [-0.4, -0.2) is 20.9 Å². The molecule has 0 radical (unpaired) electrons. The third-order valence-corrected chi connectivity index (χ3v) is 4.69. The molecule has 0 fully saturated rings. The second-order valence-corrected chi connectivity index (χ2v) is 6.77. The van der Waals surface area contributed by atoms with Crippen molar-refractivity contribution in [3.05, 3.63) is 57.0 Å². The lowest BCUT2D eigenvalue weighted by atomic mass is 10.1. The normalized spacial score (nSPS) is 10.9. The van der Waals surface area contributed by atoms with E-state index in [0.717, 1.165) is 16.3 Å². The van der Waals surface area contributed by atoms with Crippen LogP contribution in [0, 0.1) is 6.92 Å². The first-order valence-corrected chi connectivity index (χ1v) is 7.89. The molecular formula is C15H10Cl2N2O2S. The monoisotopic (exact) mass is 352 g/mol. The maximum Gasteiger partial charge on any atom is 0.356 e. The predicted octanol–water partition coefficient (Wildman–Crippen LogP) is 4.91. The van der Waals surface area contributed by atoms with Gasteiger partial charge >= 0.3 is 5.97 Å². The van der Waals surface area contributed by atoms with E-state index in [1.807, 2.05) is 6.07 Å². The molecule has 0 spiro atoms. The van der Waals surface area contributed by atoms with Crippen LogP contribution < -0.4 is 0 Å². The zero-order chi connectivity index (χ0) is 15.9. The van der Waals surface area contributed by atoms with Crippen molar-refractivity contribution < 1.29 is 9.90 Å². The zero-order valence-electron chi connectivity index (χ0n) is 11.4. The van der Waals surface area contributed by atoms with E-state index in [4.69, 9.17) is 23.2 Å². The van der Waals surface area contributed by atoms with Gasteiger partial charge in [-0.2, -0.15) is 5.10 Å². The van der Waals surface area contributed by atoms with Crippen molar-refractivity contribution in [1.82, 2.24) is 9.78 Å². The molecule has 1 aromatic carbocycles. The molecule has 3 aromatic rings. The van der Waals surface area contributed by atoms with Crippen LogP contribution in [0.4, 0.5) is 0 Å².